The van der Waals surface area contributed by atoms with Gasteiger partial charge in [0.15, 0.2) is 0 Å². The summed E-state index contributed by atoms with van der Waals surface area (Å²) in [5, 5.41) is 5.54. The number of benzene rings is 3. The van der Waals surface area contributed by atoms with Crippen molar-refractivity contribution in [2.45, 2.75) is 65.2 Å². The number of nitroso groups, excluding NO2 is 1. The normalized spacial score (nSPS) is 20.6. The predicted molar refractivity (Wildman–Crippen MR) is 150 cm³/mol. The molecule has 3 aliphatic carbocycles. The zero-order valence-electron chi connectivity index (χ0n) is 22.1. The van der Waals surface area contributed by atoms with Gasteiger partial charge in [0.2, 0.25) is 0 Å². The lowest BCUT2D eigenvalue weighted by atomic mass is 9.52. The van der Waals surface area contributed by atoms with Gasteiger partial charge in [0.25, 0.3) is 0 Å². The van der Waals surface area contributed by atoms with Crippen LogP contribution in [-0.4, -0.2) is 7.11 Å². The molecule has 6 rings (SSSR count). The fourth-order valence-corrected chi connectivity index (χ4v) is 8.14. The van der Waals surface area contributed by atoms with Crippen LogP contribution in [0.15, 0.2) is 65.9 Å². The SMILES string of the molecule is COc1cc2c(N=O)cc3c(c2cc1C1=CCCC=C1)-c1ccccc1C31CC(C)(C)CC(C)(C)C1. The van der Waals surface area contributed by atoms with Gasteiger partial charge in [-0.2, -0.15) is 0 Å². The Morgan fingerprint density at radius 3 is 2.25 bits per heavy atom. The van der Waals surface area contributed by atoms with E-state index in [2.05, 4.69) is 87.5 Å². The summed E-state index contributed by atoms with van der Waals surface area (Å²) in [6.07, 6.45) is 12.1. The minimum atomic E-state index is -0.130. The molecule has 0 radical (unpaired) electrons. The van der Waals surface area contributed by atoms with E-state index in [0.29, 0.717) is 5.69 Å². The molecule has 36 heavy (non-hydrogen) atoms. The third-order valence-electron chi connectivity index (χ3n) is 8.58. The molecule has 0 aliphatic heterocycles. The first-order valence-corrected chi connectivity index (χ1v) is 13.2. The summed E-state index contributed by atoms with van der Waals surface area (Å²) in [5.41, 5.74) is 8.25. The van der Waals surface area contributed by atoms with E-state index in [0.717, 1.165) is 47.8 Å². The lowest BCUT2D eigenvalue weighted by molar-refractivity contribution is 0.0646. The molecule has 0 saturated heterocycles. The van der Waals surface area contributed by atoms with Gasteiger partial charge >= 0.3 is 0 Å². The summed E-state index contributed by atoms with van der Waals surface area (Å²) in [6.45, 7) is 9.62. The first-order chi connectivity index (χ1) is 17.2. The van der Waals surface area contributed by atoms with Crippen LogP contribution < -0.4 is 4.74 Å². The van der Waals surface area contributed by atoms with Crippen LogP contribution in [0.1, 0.15) is 76.5 Å². The highest BCUT2D eigenvalue weighted by atomic mass is 16.5. The molecule has 0 amide bonds. The molecule has 0 heterocycles. The summed E-state index contributed by atoms with van der Waals surface area (Å²) < 4.78 is 5.84. The highest BCUT2D eigenvalue weighted by molar-refractivity contribution is 6.09. The van der Waals surface area contributed by atoms with E-state index in [1.54, 1.807) is 7.11 Å². The van der Waals surface area contributed by atoms with Crippen LogP contribution in [0.2, 0.25) is 0 Å². The van der Waals surface area contributed by atoms with E-state index in [1.807, 2.05) is 6.07 Å². The molecule has 0 aromatic heterocycles. The molecule has 1 fully saturated rings. The average Bonchev–Trinajstić information content (AvgIpc) is 3.09. The topological polar surface area (TPSA) is 38.7 Å². The molecule has 3 nitrogen and oxygen atoms in total. The van der Waals surface area contributed by atoms with Crippen molar-refractivity contribution in [1.82, 2.24) is 0 Å². The molecule has 184 valence electrons. The highest BCUT2D eigenvalue weighted by Gasteiger charge is 2.53. The number of hydrogen-bond acceptors (Lipinski definition) is 3. The van der Waals surface area contributed by atoms with Crippen LogP contribution in [0, 0.1) is 15.7 Å². The number of rotatable bonds is 3. The second kappa shape index (κ2) is 7.90. The van der Waals surface area contributed by atoms with Crippen LogP contribution in [0.5, 0.6) is 5.75 Å². The van der Waals surface area contributed by atoms with E-state index in [4.69, 9.17) is 4.74 Å². The van der Waals surface area contributed by atoms with Crippen molar-refractivity contribution < 1.29 is 4.74 Å². The number of ether oxygens (including phenoxy) is 1. The molecule has 1 saturated carbocycles. The number of methoxy groups -OCH3 is 1. The minimum Gasteiger partial charge on any atom is -0.496 e. The maximum Gasteiger partial charge on any atom is 0.127 e. The molecule has 0 N–H and O–H groups in total. The number of allylic oxidation sites excluding steroid dienone is 4. The van der Waals surface area contributed by atoms with Crippen LogP contribution in [0.25, 0.3) is 27.5 Å². The molecule has 0 unspecified atom stereocenters. The summed E-state index contributed by atoms with van der Waals surface area (Å²) in [4.78, 5) is 12.3. The van der Waals surface area contributed by atoms with Gasteiger partial charge in [0.05, 0.1) is 7.11 Å². The second-order valence-corrected chi connectivity index (χ2v) is 12.6. The van der Waals surface area contributed by atoms with E-state index in [-0.39, 0.29) is 16.2 Å². The van der Waals surface area contributed by atoms with Gasteiger partial charge in [-0.1, -0.05) is 70.2 Å². The lowest BCUT2D eigenvalue weighted by Gasteiger charge is -2.51. The zero-order chi connectivity index (χ0) is 25.3. The van der Waals surface area contributed by atoms with Gasteiger partial charge in [-0.3, -0.25) is 0 Å². The third kappa shape index (κ3) is 3.39. The van der Waals surface area contributed by atoms with Crippen LogP contribution in [0.4, 0.5) is 5.69 Å². The smallest absolute Gasteiger partial charge is 0.127 e. The van der Waals surface area contributed by atoms with Gasteiger partial charge in [-0.15, -0.1) is 4.91 Å². The molecule has 3 aromatic rings. The molecule has 1 spiro atoms. The van der Waals surface area contributed by atoms with Crippen LogP contribution >= 0.6 is 0 Å². The van der Waals surface area contributed by atoms with E-state index in [9.17, 15) is 4.91 Å². The maximum absolute atomic E-state index is 12.3. The van der Waals surface area contributed by atoms with Gasteiger partial charge in [0.1, 0.15) is 11.4 Å². The molecule has 3 aromatic carbocycles. The molecular weight excluding hydrogens is 442 g/mol. The Kier molecular flexibility index (Phi) is 5.09. The van der Waals surface area contributed by atoms with Crippen molar-refractivity contribution in [2.75, 3.05) is 7.11 Å². The fraction of sp³-hybridized carbons (Fsp3) is 0.394. The number of fused-ring (bicyclic) bond motifs is 7. The van der Waals surface area contributed by atoms with Crippen molar-refractivity contribution >= 4 is 22.0 Å². The van der Waals surface area contributed by atoms with Gasteiger partial charge in [-0.05, 0) is 99.5 Å². The standard InChI is InChI=1S/C33H35NO2/c1-31(2)18-32(3,4)20-33(19-31)26-14-10-9-13-22(26)30-25-15-23(21-11-7-6-8-12-21)29(36-5)16-24(25)28(34-35)17-27(30)33/h7,9-17H,6,8,18-20H2,1-5H3. The van der Waals surface area contributed by atoms with Crippen LogP contribution in [-0.2, 0) is 5.41 Å². The quantitative estimate of drug-likeness (QED) is 0.352. The Bertz CT molecular complexity index is 1450. The Morgan fingerprint density at radius 1 is 0.833 bits per heavy atom. The van der Waals surface area contributed by atoms with Crippen molar-refractivity contribution in [3.63, 3.8) is 0 Å². The average molecular weight is 478 g/mol. The van der Waals surface area contributed by atoms with Crippen molar-refractivity contribution in [3.05, 3.63) is 82.3 Å². The Balaban J connectivity index is 1.73. The summed E-state index contributed by atoms with van der Waals surface area (Å²) >= 11 is 0. The molecule has 0 atom stereocenters. The largest absolute Gasteiger partial charge is 0.496 e. The first kappa shape index (κ1) is 23.2. The third-order valence-corrected chi connectivity index (χ3v) is 8.58. The van der Waals surface area contributed by atoms with Gasteiger partial charge in [0, 0.05) is 16.4 Å². The van der Waals surface area contributed by atoms with Crippen molar-refractivity contribution in [1.29, 1.82) is 0 Å². The summed E-state index contributed by atoms with van der Waals surface area (Å²) in [7, 11) is 1.70. The lowest BCUT2D eigenvalue weighted by Crippen LogP contribution is -2.43. The first-order valence-electron chi connectivity index (χ1n) is 13.2. The number of hydrogen-bond donors (Lipinski definition) is 0. The monoisotopic (exact) mass is 477 g/mol. The maximum atomic E-state index is 12.3. The van der Waals surface area contributed by atoms with E-state index >= 15 is 0 Å². The zero-order valence-corrected chi connectivity index (χ0v) is 22.1. The Morgan fingerprint density at radius 2 is 1.58 bits per heavy atom. The van der Waals surface area contributed by atoms with Gasteiger partial charge in [-0.25, -0.2) is 0 Å². The molecular formula is C33H35NO2. The summed E-state index contributed by atoms with van der Waals surface area (Å²) in [6, 6.07) is 15.3. The Hall–Kier alpha value is -3.20. The molecule has 0 bridgehead atoms. The minimum absolute atomic E-state index is 0.130. The van der Waals surface area contributed by atoms with Gasteiger partial charge < -0.3 is 4.74 Å². The second-order valence-electron chi connectivity index (χ2n) is 12.6. The van der Waals surface area contributed by atoms with Crippen LogP contribution in [0.3, 0.4) is 0 Å². The van der Waals surface area contributed by atoms with Crippen molar-refractivity contribution in [3.8, 4) is 16.9 Å². The highest BCUT2D eigenvalue weighted by Crippen LogP contribution is 2.65. The fourth-order valence-electron chi connectivity index (χ4n) is 8.14. The predicted octanol–water partition coefficient (Wildman–Crippen LogP) is 9.48. The Labute approximate surface area is 214 Å². The summed E-state index contributed by atoms with van der Waals surface area (Å²) in [5.74, 6) is 0.783. The molecule has 3 aliphatic rings. The molecule has 3 heteroatoms. The van der Waals surface area contributed by atoms with Crippen molar-refractivity contribution in [2.24, 2.45) is 16.0 Å². The number of nitrogens with zero attached hydrogens (tertiary/aromatic N) is 1. The van der Waals surface area contributed by atoms with E-state index < -0.39 is 0 Å². The van der Waals surface area contributed by atoms with E-state index in [1.165, 1.54) is 34.2 Å².